The molecule has 0 radical (unpaired) electrons. The normalized spacial score (nSPS) is 10.0. The fraction of sp³-hybridized carbons (Fsp3) is 0.176. The van der Waals surface area contributed by atoms with Crippen molar-refractivity contribution in [1.82, 2.24) is 5.32 Å². The summed E-state index contributed by atoms with van der Waals surface area (Å²) in [6.45, 7) is 0.375. The molecule has 0 aliphatic rings. The van der Waals surface area contributed by atoms with Crippen molar-refractivity contribution in [3.05, 3.63) is 65.7 Å². The highest BCUT2D eigenvalue weighted by Gasteiger charge is 2.12. The number of rotatable bonds is 6. The molecule has 5 heteroatoms. The number of hydrogen-bond acceptors (Lipinski definition) is 3. The van der Waals surface area contributed by atoms with Crippen molar-refractivity contribution in [1.29, 1.82) is 0 Å². The standard InChI is InChI=1S/C17H18N2O3/c1-22-12-16(20)19-15-10-6-5-9-14(15)17(21)18-11-13-7-3-2-4-8-13/h2-10H,11-12H2,1H3,(H,18,21)(H,19,20). The van der Waals surface area contributed by atoms with E-state index in [1.54, 1.807) is 24.3 Å². The van der Waals surface area contributed by atoms with Crippen LogP contribution in [0.3, 0.4) is 0 Å². The number of para-hydroxylation sites is 1. The van der Waals surface area contributed by atoms with Crippen LogP contribution < -0.4 is 10.6 Å². The number of methoxy groups -OCH3 is 1. The quantitative estimate of drug-likeness (QED) is 0.859. The number of hydrogen-bond donors (Lipinski definition) is 2. The van der Waals surface area contributed by atoms with E-state index in [9.17, 15) is 9.59 Å². The number of amides is 2. The summed E-state index contributed by atoms with van der Waals surface area (Å²) < 4.78 is 4.77. The second-order valence-electron chi connectivity index (χ2n) is 4.70. The number of carbonyl (C=O) groups is 2. The van der Waals surface area contributed by atoms with E-state index < -0.39 is 0 Å². The summed E-state index contributed by atoms with van der Waals surface area (Å²) in [5.41, 5.74) is 1.90. The van der Waals surface area contributed by atoms with Gasteiger partial charge in [0.2, 0.25) is 5.91 Å². The molecule has 0 bridgehead atoms. The third-order valence-corrected chi connectivity index (χ3v) is 3.02. The summed E-state index contributed by atoms with van der Waals surface area (Å²) in [4.78, 5) is 23.9. The Kier molecular flexibility index (Phi) is 5.68. The highest BCUT2D eigenvalue weighted by molar-refractivity contribution is 6.03. The second-order valence-corrected chi connectivity index (χ2v) is 4.70. The van der Waals surface area contributed by atoms with Crippen molar-refractivity contribution in [3.63, 3.8) is 0 Å². The lowest BCUT2D eigenvalue weighted by Gasteiger charge is -2.11. The Morgan fingerprint density at radius 1 is 1.00 bits per heavy atom. The largest absolute Gasteiger partial charge is 0.375 e. The zero-order valence-corrected chi connectivity index (χ0v) is 12.3. The average molecular weight is 298 g/mol. The Hall–Kier alpha value is -2.66. The maximum Gasteiger partial charge on any atom is 0.253 e. The number of anilines is 1. The van der Waals surface area contributed by atoms with Gasteiger partial charge in [-0.15, -0.1) is 0 Å². The van der Waals surface area contributed by atoms with Crippen molar-refractivity contribution in [2.24, 2.45) is 0 Å². The van der Waals surface area contributed by atoms with E-state index in [4.69, 9.17) is 4.74 Å². The Balaban J connectivity index is 2.04. The van der Waals surface area contributed by atoms with Crippen LogP contribution >= 0.6 is 0 Å². The lowest BCUT2D eigenvalue weighted by molar-refractivity contribution is -0.119. The molecule has 0 aliphatic carbocycles. The minimum absolute atomic E-state index is 0.0556. The number of benzene rings is 2. The molecule has 114 valence electrons. The van der Waals surface area contributed by atoms with Crippen LogP contribution in [0.1, 0.15) is 15.9 Å². The van der Waals surface area contributed by atoms with E-state index in [0.717, 1.165) is 5.56 Å². The van der Waals surface area contributed by atoms with E-state index in [1.165, 1.54) is 7.11 Å². The van der Waals surface area contributed by atoms with Crippen LogP contribution in [0.4, 0.5) is 5.69 Å². The summed E-state index contributed by atoms with van der Waals surface area (Å²) in [5, 5.41) is 5.51. The van der Waals surface area contributed by atoms with Gasteiger partial charge in [0.25, 0.3) is 5.91 Å². The number of carbonyl (C=O) groups excluding carboxylic acids is 2. The lowest BCUT2D eigenvalue weighted by atomic mass is 10.1. The first-order chi connectivity index (χ1) is 10.7. The zero-order chi connectivity index (χ0) is 15.8. The van der Waals surface area contributed by atoms with Gasteiger partial charge in [0.1, 0.15) is 6.61 Å². The highest BCUT2D eigenvalue weighted by Crippen LogP contribution is 2.15. The smallest absolute Gasteiger partial charge is 0.253 e. The van der Waals surface area contributed by atoms with Crippen molar-refractivity contribution >= 4 is 17.5 Å². The molecule has 22 heavy (non-hydrogen) atoms. The van der Waals surface area contributed by atoms with Gasteiger partial charge in [0.05, 0.1) is 11.3 Å². The van der Waals surface area contributed by atoms with E-state index in [2.05, 4.69) is 10.6 Å². The molecule has 5 nitrogen and oxygen atoms in total. The maximum absolute atomic E-state index is 12.3. The van der Waals surface area contributed by atoms with Crippen molar-refractivity contribution in [3.8, 4) is 0 Å². The summed E-state index contributed by atoms with van der Waals surface area (Å²) >= 11 is 0. The fourth-order valence-electron chi connectivity index (χ4n) is 1.98. The molecular formula is C17H18N2O3. The molecule has 0 spiro atoms. The van der Waals surface area contributed by atoms with Crippen molar-refractivity contribution in [2.45, 2.75) is 6.54 Å². The van der Waals surface area contributed by atoms with Crippen LogP contribution in [0.5, 0.6) is 0 Å². The van der Waals surface area contributed by atoms with Gasteiger partial charge in [-0.1, -0.05) is 42.5 Å². The molecule has 0 atom stereocenters. The molecular weight excluding hydrogens is 280 g/mol. The lowest BCUT2D eigenvalue weighted by Crippen LogP contribution is -2.25. The molecule has 0 saturated carbocycles. The predicted octanol–water partition coefficient (Wildman–Crippen LogP) is 2.20. The average Bonchev–Trinajstić information content (AvgIpc) is 2.54. The minimum Gasteiger partial charge on any atom is -0.375 e. The summed E-state index contributed by atoms with van der Waals surface area (Å²) in [6.07, 6.45) is 0. The summed E-state index contributed by atoms with van der Waals surface area (Å²) in [7, 11) is 1.44. The first kappa shape index (κ1) is 15.7. The zero-order valence-electron chi connectivity index (χ0n) is 12.3. The summed E-state index contributed by atoms with van der Waals surface area (Å²) in [5.74, 6) is -0.539. The molecule has 2 aromatic rings. The topological polar surface area (TPSA) is 67.4 Å². The van der Waals surface area contributed by atoms with Crippen LogP contribution in [0.25, 0.3) is 0 Å². The van der Waals surface area contributed by atoms with Gasteiger partial charge in [-0.2, -0.15) is 0 Å². The van der Waals surface area contributed by atoms with Gasteiger partial charge in [-0.05, 0) is 17.7 Å². The Bertz CT molecular complexity index is 641. The highest BCUT2D eigenvalue weighted by atomic mass is 16.5. The Morgan fingerprint density at radius 3 is 2.41 bits per heavy atom. The SMILES string of the molecule is COCC(=O)Nc1ccccc1C(=O)NCc1ccccc1. The van der Waals surface area contributed by atoms with Crippen LogP contribution in [0.2, 0.25) is 0 Å². The first-order valence-electron chi connectivity index (χ1n) is 6.90. The van der Waals surface area contributed by atoms with Gasteiger partial charge in [-0.3, -0.25) is 9.59 Å². The molecule has 0 fully saturated rings. The van der Waals surface area contributed by atoms with E-state index >= 15 is 0 Å². The maximum atomic E-state index is 12.3. The van der Waals surface area contributed by atoms with Gasteiger partial charge in [0, 0.05) is 13.7 Å². The minimum atomic E-state index is -0.300. The fourth-order valence-corrected chi connectivity index (χ4v) is 1.98. The molecule has 0 aromatic heterocycles. The van der Waals surface area contributed by atoms with Gasteiger partial charge in [-0.25, -0.2) is 0 Å². The van der Waals surface area contributed by atoms with Crippen molar-refractivity contribution < 1.29 is 14.3 Å². The molecule has 0 unspecified atom stereocenters. The predicted molar refractivity (Wildman–Crippen MR) is 84.6 cm³/mol. The van der Waals surface area contributed by atoms with E-state index in [0.29, 0.717) is 17.8 Å². The van der Waals surface area contributed by atoms with Gasteiger partial charge in [0.15, 0.2) is 0 Å². The monoisotopic (exact) mass is 298 g/mol. The summed E-state index contributed by atoms with van der Waals surface area (Å²) in [6, 6.07) is 16.5. The van der Waals surface area contributed by atoms with Gasteiger partial charge >= 0.3 is 0 Å². The molecule has 0 aliphatic heterocycles. The molecule has 0 heterocycles. The number of nitrogens with one attached hydrogen (secondary N) is 2. The Morgan fingerprint density at radius 2 is 1.68 bits per heavy atom. The molecule has 2 N–H and O–H groups in total. The number of ether oxygens (including phenoxy) is 1. The molecule has 2 amide bonds. The molecule has 2 aromatic carbocycles. The van der Waals surface area contributed by atoms with Crippen LogP contribution in [0.15, 0.2) is 54.6 Å². The Labute approximate surface area is 129 Å². The molecule has 2 rings (SSSR count). The van der Waals surface area contributed by atoms with E-state index in [1.807, 2.05) is 30.3 Å². The second kappa shape index (κ2) is 7.95. The van der Waals surface area contributed by atoms with Crippen LogP contribution in [-0.2, 0) is 16.1 Å². The first-order valence-corrected chi connectivity index (χ1v) is 6.90. The molecule has 0 saturated heterocycles. The van der Waals surface area contributed by atoms with Crippen LogP contribution in [0, 0.1) is 0 Å². The van der Waals surface area contributed by atoms with Crippen molar-refractivity contribution in [2.75, 3.05) is 19.0 Å². The van der Waals surface area contributed by atoms with E-state index in [-0.39, 0.29) is 18.4 Å². The third kappa shape index (κ3) is 4.43. The third-order valence-electron chi connectivity index (χ3n) is 3.02. The van der Waals surface area contributed by atoms with Gasteiger partial charge < -0.3 is 15.4 Å². The van der Waals surface area contributed by atoms with Crippen LogP contribution in [-0.4, -0.2) is 25.5 Å².